The van der Waals surface area contributed by atoms with E-state index in [0.717, 1.165) is 9.37 Å². The summed E-state index contributed by atoms with van der Waals surface area (Å²) < 4.78 is 14.0. The average Bonchev–Trinajstić information content (AvgIpc) is 2.36. The molecular formula is C15H12BrFOS. The lowest BCUT2D eigenvalue weighted by molar-refractivity contribution is 0.102. The molecule has 0 aliphatic heterocycles. The predicted molar refractivity (Wildman–Crippen MR) is 80.3 cm³/mol. The molecule has 0 unspecified atom stereocenters. The van der Waals surface area contributed by atoms with Crippen LogP contribution >= 0.6 is 27.7 Å². The first-order valence-corrected chi connectivity index (χ1v) is 7.52. The number of Topliss-reactive ketones (excluding diaryl/α,β-unsaturated/α-hetero) is 1. The van der Waals surface area contributed by atoms with Crippen LogP contribution in [-0.2, 0) is 0 Å². The predicted octanol–water partition coefficient (Wildman–Crippen LogP) is 4.87. The largest absolute Gasteiger partial charge is 0.293 e. The van der Waals surface area contributed by atoms with Gasteiger partial charge in [-0.25, -0.2) is 4.39 Å². The minimum atomic E-state index is -0.311. The highest BCUT2D eigenvalue weighted by molar-refractivity contribution is 9.10. The number of carbonyl (C=O) groups excluding carboxylic acids is 1. The molecular weight excluding hydrogens is 327 g/mol. The third kappa shape index (κ3) is 3.91. The number of aryl methyl sites for hydroxylation is 1. The van der Waals surface area contributed by atoms with Gasteiger partial charge in [0.1, 0.15) is 5.82 Å². The SMILES string of the molecule is Cc1cc(F)ccc1C(=O)CSc1cccc(Br)c1. The van der Waals surface area contributed by atoms with Crippen LogP contribution in [-0.4, -0.2) is 11.5 Å². The van der Waals surface area contributed by atoms with Crippen LogP contribution in [0.1, 0.15) is 15.9 Å². The van der Waals surface area contributed by atoms with Crippen molar-refractivity contribution in [2.45, 2.75) is 11.8 Å². The fourth-order valence-electron chi connectivity index (χ4n) is 1.72. The van der Waals surface area contributed by atoms with Crippen LogP contribution < -0.4 is 0 Å². The van der Waals surface area contributed by atoms with Gasteiger partial charge in [-0.15, -0.1) is 11.8 Å². The van der Waals surface area contributed by atoms with Gasteiger partial charge in [0, 0.05) is 14.9 Å². The molecule has 98 valence electrons. The van der Waals surface area contributed by atoms with Crippen molar-refractivity contribution in [1.82, 2.24) is 0 Å². The highest BCUT2D eigenvalue weighted by atomic mass is 79.9. The first kappa shape index (κ1) is 14.3. The smallest absolute Gasteiger partial charge is 0.173 e. The van der Waals surface area contributed by atoms with Crippen LogP contribution in [0.4, 0.5) is 4.39 Å². The van der Waals surface area contributed by atoms with Crippen molar-refractivity contribution in [1.29, 1.82) is 0 Å². The summed E-state index contributed by atoms with van der Waals surface area (Å²) in [5, 5.41) is 0. The normalized spacial score (nSPS) is 10.5. The van der Waals surface area contributed by atoms with Gasteiger partial charge in [0.05, 0.1) is 5.75 Å². The molecule has 0 aromatic heterocycles. The molecule has 0 saturated carbocycles. The minimum absolute atomic E-state index is 0.0162. The van der Waals surface area contributed by atoms with Gasteiger partial charge in [0.2, 0.25) is 0 Å². The Morgan fingerprint density at radius 1 is 1.26 bits per heavy atom. The third-order valence-corrected chi connectivity index (χ3v) is 4.14. The van der Waals surface area contributed by atoms with Gasteiger partial charge in [-0.1, -0.05) is 22.0 Å². The van der Waals surface area contributed by atoms with Crippen LogP contribution in [0.15, 0.2) is 51.8 Å². The molecule has 0 aliphatic rings. The zero-order chi connectivity index (χ0) is 13.8. The van der Waals surface area contributed by atoms with E-state index in [1.165, 1.54) is 23.9 Å². The molecule has 2 aromatic rings. The summed E-state index contributed by atoms with van der Waals surface area (Å²) >= 11 is 4.87. The Hall–Kier alpha value is -1.13. The van der Waals surface area contributed by atoms with E-state index in [1.807, 2.05) is 24.3 Å². The first-order chi connectivity index (χ1) is 9.06. The van der Waals surface area contributed by atoms with E-state index in [1.54, 1.807) is 13.0 Å². The number of rotatable bonds is 4. The minimum Gasteiger partial charge on any atom is -0.293 e. The lowest BCUT2D eigenvalue weighted by atomic mass is 10.1. The topological polar surface area (TPSA) is 17.1 Å². The van der Waals surface area contributed by atoms with Gasteiger partial charge < -0.3 is 0 Å². The zero-order valence-electron chi connectivity index (χ0n) is 10.3. The van der Waals surface area contributed by atoms with E-state index in [4.69, 9.17) is 0 Å². The summed E-state index contributed by atoms with van der Waals surface area (Å²) in [5.74, 6) is 0.0549. The molecule has 2 aromatic carbocycles. The van der Waals surface area contributed by atoms with Crippen molar-refractivity contribution in [3.8, 4) is 0 Å². The maximum atomic E-state index is 13.0. The number of halogens is 2. The standard InChI is InChI=1S/C15H12BrFOS/c1-10-7-12(17)5-6-14(10)15(18)9-19-13-4-2-3-11(16)8-13/h2-8H,9H2,1H3. The van der Waals surface area contributed by atoms with Gasteiger partial charge in [0.15, 0.2) is 5.78 Å². The van der Waals surface area contributed by atoms with Crippen LogP contribution in [0.5, 0.6) is 0 Å². The molecule has 0 amide bonds. The molecule has 0 bridgehead atoms. The van der Waals surface area contributed by atoms with Gasteiger partial charge in [0.25, 0.3) is 0 Å². The number of benzene rings is 2. The number of thioether (sulfide) groups is 1. The van der Waals surface area contributed by atoms with E-state index >= 15 is 0 Å². The molecule has 0 saturated heterocycles. The Morgan fingerprint density at radius 2 is 2.05 bits per heavy atom. The highest BCUT2D eigenvalue weighted by Crippen LogP contribution is 2.23. The first-order valence-electron chi connectivity index (χ1n) is 5.74. The van der Waals surface area contributed by atoms with Gasteiger partial charge in [-0.3, -0.25) is 4.79 Å². The van der Waals surface area contributed by atoms with E-state index in [9.17, 15) is 9.18 Å². The second-order valence-electron chi connectivity index (χ2n) is 4.13. The van der Waals surface area contributed by atoms with E-state index < -0.39 is 0 Å². The highest BCUT2D eigenvalue weighted by Gasteiger charge is 2.10. The van der Waals surface area contributed by atoms with Gasteiger partial charge in [-0.2, -0.15) is 0 Å². The summed E-state index contributed by atoms with van der Waals surface area (Å²) in [6.07, 6.45) is 0. The number of hydrogen-bond donors (Lipinski definition) is 0. The molecule has 4 heteroatoms. The summed E-state index contributed by atoms with van der Waals surface area (Å²) in [5.41, 5.74) is 1.27. The van der Waals surface area contributed by atoms with Crippen LogP contribution in [0.2, 0.25) is 0 Å². The van der Waals surface area contributed by atoms with Crippen LogP contribution in [0.25, 0.3) is 0 Å². The fourth-order valence-corrected chi connectivity index (χ4v) is 3.11. The van der Waals surface area contributed by atoms with Crippen molar-refractivity contribution in [2.24, 2.45) is 0 Å². The molecule has 1 nitrogen and oxygen atoms in total. The number of carbonyl (C=O) groups is 1. The molecule has 0 aliphatic carbocycles. The van der Waals surface area contributed by atoms with Crippen molar-refractivity contribution < 1.29 is 9.18 Å². The summed E-state index contributed by atoms with van der Waals surface area (Å²) in [7, 11) is 0. The van der Waals surface area contributed by atoms with Gasteiger partial charge in [-0.05, 0) is 48.9 Å². The molecule has 19 heavy (non-hydrogen) atoms. The van der Waals surface area contributed by atoms with Crippen LogP contribution in [0.3, 0.4) is 0 Å². The monoisotopic (exact) mass is 338 g/mol. The Morgan fingerprint density at radius 3 is 2.74 bits per heavy atom. The molecule has 0 atom stereocenters. The van der Waals surface area contributed by atoms with E-state index in [-0.39, 0.29) is 11.6 Å². The summed E-state index contributed by atoms with van der Waals surface area (Å²) in [6, 6.07) is 12.1. The molecule has 0 N–H and O–H groups in total. The van der Waals surface area contributed by atoms with Crippen molar-refractivity contribution >= 4 is 33.5 Å². The maximum absolute atomic E-state index is 13.0. The van der Waals surface area contributed by atoms with Crippen LogP contribution in [0, 0.1) is 12.7 Å². The Kier molecular flexibility index (Phi) is 4.77. The second kappa shape index (κ2) is 6.35. The van der Waals surface area contributed by atoms with E-state index in [0.29, 0.717) is 16.9 Å². The Bertz CT molecular complexity index is 613. The Balaban J connectivity index is 2.05. The number of ketones is 1. The summed E-state index contributed by atoms with van der Waals surface area (Å²) in [6.45, 7) is 1.75. The zero-order valence-corrected chi connectivity index (χ0v) is 12.7. The lowest BCUT2D eigenvalue weighted by Gasteiger charge is -2.05. The summed E-state index contributed by atoms with van der Waals surface area (Å²) in [4.78, 5) is 13.1. The second-order valence-corrected chi connectivity index (χ2v) is 6.09. The van der Waals surface area contributed by atoms with Gasteiger partial charge >= 0.3 is 0 Å². The maximum Gasteiger partial charge on any atom is 0.173 e. The Labute approximate surface area is 124 Å². The molecule has 0 radical (unpaired) electrons. The quantitative estimate of drug-likeness (QED) is 0.584. The molecule has 0 heterocycles. The molecule has 0 spiro atoms. The van der Waals surface area contributed by atoms with Crippen molar-refractivity contribution in [3.05, 3.63) is 63.9 Å². The third-order valence-electron chi connectivity index (χ3n) is 2.65. The average molecular weight is 339 g/mol. The fraction of sp³-hybridized carbons (Fsp3) is 0.133. The number of hydrogen-bond acceptors (Lipinski definition) is 2. The van der Waals surface area contributed by atoms with Crippen molar-refractivity contribution in [3.63, 3.8) is 0 Å². The van der Waals surface area contributed by atoms with E-state index in [2.05, 4.69) is 15.9 Å². The molecule has 2 rings (SSSR count). The molecule has 0 fully saturated rings. The van der Waals surface area contributed by atoms with Crippen molar-refractivity contribution in [2.75, 3.05) is 5.75 Å². The lowest BCUT2D eigenvalue weighted by Crippen LogP contribution is -2.05.